The van der Waals surface area contributed by atoms with Crippen LogP contribution in [0.4, 0.5) is 0 Å². The monoisotopic (exact) mass is 278 g/mol. The van der Waals surface area contributed by atoms with E-state index in [2.05, 4.69) is 5.32 Å². The predicted octanol–water partition coefficient (Wildman–Crippen LogP) is 1.67. The van der Waals surface area contributed by atoms with Crippen LogP contribution < -0.4 is 10.1 Å². The van der Waals surface area contributed by atoms with Gasteiger partial charge in [0.15, 0.2) is 0 Å². The SMILES string of the molecule is CCN(CC)C(=O)C(C)NC1COc2cc(O)ccc21. The van der Waals surface area contributed by atoms with Gasteiger partial charge in [-0.2, -0.15) is 0 Å². The van der Waals surface area contributed by atoms with Gasteiger partial charge in [-0.25, -0.2) is 0 Å². The quantitative estimate of drug-likeness (QED) is 0.860. The predicted molar refractivity (Wildman–Crippen MR) is 76.9 cm³/mol. The number of phenolic OH excluding ortho intramolecular Hbond substituents is 1. The number of aromatic hydroxyl groups is 1. The standard InChI is InChI=1S/C15H22N2O3/c1-4-17(5-2)15(19)10(3)16-13-9-20-14-8-11(18)6-7-12(13)14/h6-8,10,13,16,18H,4-5,9H2,1-3H3. The zero-order valence-corrected chi connectivity index (χ0v) is 12.2. The van der Waals surface area contributed by atoms with E-state index < -0.39 is 0 Å². The first-order chi connectivity index (χ1) is 9.56. The number of nitrogens with zero attached hydrogens (tertiary/aromatic N) is 1. The van der Waals surface area contributed by atoms with Crippen LogP contribution >= 0.6 is 0 Å². The lowest BCUT2D eigenvalue weighted by Crippen LogP contribution is -2.46. The van der Waals surface area contributed by atoms with Crippen molar-refractivity contribution in [1.82, 2.24) is 10.2 Å². The summed E-state index contributed by atoms with van der Waals surface area (Å²) in [6, 6.07) is 4.81. The van der Waals surface area contributed by atoms with Gasteiger partial charge in [0, 0.05) is 24.7 Å². The van der Waals surface area contributed by atoms with Crippen molar-refractivity contribution in [3.05, 3.63) is 23.8 Å². The highest BCUT2D eigenvalue weighted by Crippen LogP contribution is 2.35. The highest BCUT2D eigenvalue weighted by molar-refractivity contribution is 5.81. The first-order valence-electron chi connectivity index (χ1n) is 7.07. The number of phenols is 1. The van der Waals surface area contributed by atoms with Gasteiger partial charge in [-0.1, -0.05) is 0 Å². The van der Waals surface area contributed by atoms with Crippen molar-refractivity contribution >= 4 is 5.91 Å². The summed E-state index contributed by atoms with van der Waals surface area (Å²) < 4.78 is 5.54. The molecule has 20 heavy (non-hydrogen) atoms. The molecule has 5 nitrogen and oxygen atoms in total. The van der Waals surface area contributed by atoms with E-state index in [-0.39, 0.29) is 23.7 Å². The van der Waals surface area contributed by atoms with Gasteiger partial charge < -0.3 is 14.7 Å². The van der Waals surface area contributed by atoms with Crippen molar-refractivity contribution in [1.29, 1.82) is 0 Å². The summed E-state index contributed by atoms with van der Waals surface area (Å²) in [5.41, 5.74) is 0.988. The number of hydrogen-bond acceptors (Lipinski definition) is 4. The molecule has 1 heterocycles. The largest absolute Gasteiger partial charge is 0.508 e. The zero-order valence-electron chi connectivity index (χ0n) is 12.2. The number of amides is 1. The third-order valence-electron chi connectivity index (χ3n) is 3.67. The van der Waals surface area contributed by atoms with Gasteiger partial charge in [-0.05, 0) is 32.9 Å². The van der Waals surface area contributed by atoms with Gasteiger partial charge in [0.1, 0.15) is 18.1 Å². The molecule has 0 bridgehead atoms. The Morgan fingerprint density at radius 1 is 1.50 bits per heavy atom. The highest BCUT2D eigenvalue weighted by atomic mass is 16.5. The molecule has 2 N–H and O–H groups in total. The molecule has 1 aliphatic heterocycles. The molecule has 1 amide bonds. The van der Waals surface area contributed by atoms with E-state index in [4.69, 9.17) is 4.74 Å². The fourth-order valence-electron chi connectivity index (χ4n) is 2.52. The fourth-order valence-corrected chi connectivity index (χ4v) is 2.52. The summed E-state index contributed by atoms with van der Waals surface area (Å²) in [4.78, 5) is 14.1. The van der Waals surface area contributed by atoms with E-state index in [1.807, 2.05) is 31.7 Å². The Hall–Kier alpha value is -1.75. The van der Waals surface area contributed by atoms with Gasteiger partial charge in [-0.3, -0.25) is 10.1 Å². The minimum absolute atomic E-state index is 0.0138. The Bertz CT molecular complexity index is 486. The van der Waals surface area contributed by atoms with Crippen LogP contribution in [0.3, 0.4) is 0 Å². The third-order valence-corrected chi connectivity index (χ3v) is 3.67. The smallest absolute Gasteiger partial charge is 0.239 e. The molecule has 1 aromatic carbocycles. The van der Waals surface area contributed by atoms with E-state index in [9.17, 15) is 9.90 Å². The van der Waals surface area contributed by atoms with Crippen LogP contribution in [0.2, 0.25) is 0 Å². The second-order valence-corrected chi connectivity index (χ2v) is 4.98. The average Bonchev–Trinajstić information content (AvgIpc) is 2.82. The first-order valence-corrected chi connectivity index (χ1v) is 7.07. The third kappa shape index (κ3) is 2.88. The molecular formula is C15H22N2O3. The molecule has 110 valence electrons. The lowest BCUT2D eigenvalue weighted by molar-refractivity contribution is -0.132. The van der Waals surface area contributed by atoms with E-state index in [0.717, 1.165) is 5.56 Å². The molecular weight excluding hydrogens is 256 g/mol. The molecule has 2 rings (SSSR count). The molecule has 0 fully saturated rings. The number of ether oxygens (including phenoxy) is 1. The van der Waals surface area contributed by atoms with Crippen LogP contribution in [0.5, 0.6) is 11.5 Å². The maximum Gasteiger partial charge on any atom is 0.239 e. The summed E-state index contributed by atoms with van der Waals surface area (Å²) in [7, 11) is 0. The number of fused-ring (bicyclic) bond motifs is 1. The minimum atomic E-state index is -0.261. The van der Waals surface area contributed by atoms with E-state index in [0.29, 0.717) is 25.4 Å². The van der Waals surface area contributed by atoms with E-state index in [1.165, 1.54) is 0 Å². The molecule has 2 atom stereocenters. The molecule has 0 saturated carbocycles. The second kappa shape index (κ2) is 6.13. The van der Waals surface area contributed by atoms with Crippen molar-refractivity contribution < 1.29 is 14.6 Å². The molecule has 2 unspecified atom stereocenters. The summed E-state index contributed by atoms with van der Waals surface area (Å²) in [6.07, 6.45) is 0. The lowest BCUT2D eigenvalue weighted by Gasteiger charge is -2.25. The number of hydrogen-bond donors (Lipinski definition) is 2. The summed E-state index contributed by atoms with van der Waals surface area (Å²) >= 11 is 0. The minimum Gasteiger partial charge on any atom is -0.508 e. The topological polar surface area (TPSA) is 61.8 Å². The molecule has 5 heteroatoms. The Morgan fingerprint density at radius 2 is 2.20 bits per heavy atom. The molecule has 0 aromatic heterocycles. The normalized spacial score (nSPS) is 18.2. The Balaban J connectivity index is 2.04. The van der Waals surface area contributed by atoms with Crippen LogP contribution in [0, 0.1) is 0 Å². The second-order valence-electron chi connectivity index (χ2n) is 4.98. The molecule has 0 saturated heterocycles. The van der Waals surface area contributed by atoms with Crippen molar-refractivity contribution in [2.45, 2.75) is 32.9 Å². The maximum atomic E-state index is 12.2. The van der Waals surface area contributed by atoms with Crippen LogP contribution in [0.1, 0.15) is 32.4 Å². The molecule has 0 radical (unpaired) electrons. The van der Waals surface area contributed by atoms with Gasteiger partial charge in [0.25, 0.3) is 0 Å². The first kappa shape index (κ1) is 14.7. The molecule has 0 aliphatic carbocycles. The van der Waals surface area contributed by atoms with E-state index in [1.54, 1.807) is 12.1 Å². The van der Waals surface area contributed by atoms with Crippen molar-refractivity contribution in [3.63, 3.8) is 0 Å². The van der Waals surface area contributed by atoms with Crippen LogP contribution in [-0.2, 0) is 4.79 Å². The van der Waals surface area contributed by atoms with Gasteiger partial charge in [0.05, 0.1) is 12.1 Å². The van der Waals surface area contributed by atoms with Crippen LogP contribution in [0.25, 0.3) is 0 Å². The zero-order chi connectivity index (χ0) is 14.7. The van der Waals surface area contributed by atoms with Crippen LogP contribution in [-0.4, -0.2) is 41.7 Å². The summed E-state index contributed by atoms with van der Waals surface area (Å²) in [6.45, 7) is 7.74. The Kier molecular flexibility index (Phi) is 4.49. The summed E-state index contributed by atoms with van der Waals surface area (Å²) in [5, 5.41) is 12.7. The Morgan fingerprint density at radius 3 is 2.85 bits per heavy atom. The highest BCUT2D eigenvalue weighted by Gasteiger charge is 2.28. The number of likely N-dealkylation sites (N-methyl/N-ethyl adjacent to an activating group) is 1. The molecule has 1 aliphatic rings. The number of rotatable bonds is 5. The van der Waals surface area contributed by atoms with Gasteiger partial charge in [0.2, 0.25) is 5.91 Å². The van der Waals surface area contributed by atoms with E-state index >= 15 is 0 Å². The molecule has 1 aromatic rings. The summed E-state index contributed by atoms with van der Waals surface area (Å²) in [5.74, 6) is 0.976. The van der Waals surface area contributed by atoms with Crippen LogP contribution in [0.15, 0.2) is 18.2 Å². The number of nitrogens with one attached hydrogen (secondary N) is 1. The van der Waals surface area contributed by atoms with Gasteiger partial charge >= 0.3 is 0 Å². The van der Waals surface area contributed by atoms with Crippen molar-refractivity contribution in [2.24, 2.45) is 0 Å². The lowest BCUT2D eigenvalue weighted by atomic mass is 10.1. The number of benzene rings is 1. The Labute approximate surface area is 119 Å². The van der Waals surface area contributed by atoms with Gasteiger partial charge in [-0.15, -0.1) is 0 Å². The maximum absolute atomic E-state index is 12.2. The number of carbonyl (C=O) groups is 1. The fraction of sp³-hybridized carbons (Fsp3) is 0.533. The number of carbonyl (C=O) groups excluding carboxylic acids is 1. The van der Waals surface area contributed by atoms with Crippen molar-refractivity contribution in [2.75, 3.05) is 19.7 Å². The molecule has 0 spiro atoms. The average molecular weight is 278 g/mol. The van der Waals surface area contributed by atoms with Crippen molar-refractivity contribution in [3.8, 4) is 11.5 Å².